The number of nitrogens with zero attached hydrogens (tertiary/aromatic N) is 2. The third-order valence-electron chi connectivity index (χ3n) is 3.81. The van der Waals surface area contributed by atoms with E-state index in [2.05, 4.69) is 28.9 Å². The van der Waals surface area contributed by atoms with Gasteiger partial charge in [0.25, 0.3) is 0 Å². The van der Waals surface area contributed by atoms with Crippen molar-refractivity contribution in [3.05, 3.63) is 30.1 Å². The lowest BCUT2D eigenvalue weighted by molar-refractivity contribution is 0.162. The van der Waals surface area contributed by atoms with Gasteiger partial charge in [-0.25, -0.2) is 0 Å². The summed E-state index contributed by atoms with van der Waals surface area (Å²) in [5.74, 6) is 0.548. The van der Waals surface area contributed by atoms with Gasteiger partial charge in [0, 0.05) is 6.20 Å². The monoisotopic (exact) mass is 233 g/mol. The van der Waals surface area contributed by atoms with Gasteiger partial charge < -0.3 is 5.73 Å². The fourth-order valence-corrected chi connectivity index (χ4v) is 2.90. The number of likely N-dealkylation sites (tertiary alicyclic amines) is 1. The van der Waals surface area contributed by atoms with E-state index in [0.717, 1.165) is 13.1 Å². The standard InChI is InChI=1S/C14H23N3/c1-2-17-10-6-4-7-12(11-15)14(17)13-8-3-5-9-16-13/h3,5,8-9,12,14H,2,4,6-7,10-11,15H2,1H3/t12-,14+/m1/s1. The minimum atomic E-state index is 0.411. The van der Waals surface area contributed by atoms with E-state index >= 15 is 0 Å². The molecule has 2 atom stereocenters. The van der Waals surface area contributed by atoms with Crippen molar-refractivity contribution >= 4 is 0 Å². The summed E-state index contributed by atoms with van der Waals surface area (Å²) in [5.41, 5.74) is 7.15. The first-order valence-electron chi connectivity index (χ1n) is 6.71. The molecule has 94 valence electrons. The van der Waals surface area contributed by atoms with Crippen molar-refractivity contribution in [3.63, 3.8) is 0 Å². The molecule has 0 bridgehead atoms. The zero-order valence-electron chi connectivity index (χ0n) is 10.7. The van der Waals surface area contributed by atoms with Crippen molar-refractivity contribution in [1.29, 1.82) is 0 Å². The molecule has 1 aromatic rings. The SMILES string of the molecule is CCN1CCCC[C@H](CN)[C@H]1c1ccccn1. The van der Waals surface area contributed by atoms with Crippen LogP contribution in [0.15, 0.2) is 24.4 Å². The molecule has 1 aliphatic heterocycles. The molecule has 0 saturated carbocycles. The van der Waals surface area contributed by atoms with Gasteiger partial charge in [-0.2, -0.15) is 0 Å². The lowest BCUT2D eigenvalue weighted by Crippen LogP contribution is -2.36. The number of hydrogen-bond acceptors (Lipinski definition) is 3. The average molecular weight is 233 g/mol. The third kappa shape index (κ3) is 2.85. The Bertz CT molecular complexity index is 311. The molecule has 17 heavy (non-hydrogen) atoms. The van der Waals surface area contributed by atoms with Crippen LogP contribution < -0.4 is 5.73 Å². The Hall–Kier alpha value is -0.930. The molecule has 0 aliphatic carbocycles. The first kappa shape index (κ1) is 12.5. The normalized spacial score (nSPS) is 26.7. The molecule has 1 fully saturated rings. The predicted molar refractivity (Wildman–Crippen MR) is 70.6 cm³/mol. The molecular formula is C14H23N3. The molecule has 2 heterocycles. The maximum Gasteiger partial charge on any atom is 0.0578 e. The van der Waals surface area contributed by atoms with Crippen LogP contribution >= 0.6 is 0 Å². The molecule has 0 spiro atoms. The highest BCUT2D eigenvalue weighted by atomic mass is 15.2. The summed E-state index contributed by atoms with van der Waals surface area (Å²) in [4.78, 5) is 7.08. The topological polar surface area (TPSA) is 42.1 Å². The van der Waals surface area contributed by atoms with E-state index in [1.807, 2.05) is 12.3 Å². The van der Waals surface area contributed by atoms with Gasteiger partial charge in [0.05, 0.1) is 11.7 Å². The van der Waals surface area contributed by atoms with Crippen LogP contribution in [0.4, 0.5) is 0 Å². The second-order valence-corrected chi connectivity index (χ2v) is 4.82. The van der Waals surface area contributed by atoms with Crippen LogP contribution in [0.3, 0.4) is 0 Å². The maximum absolute atomic E-state index is 5.96. The summed E-state index contributed by atoms with van der Waals surface area (Å²) >= 11 is 0. The molecule has 1 aromatic heterocycles. The summed E-state index contributed by atoms with van der Waals surface area (Å²) in [7, 11) is 0. The van der Waals surface area contributed by atoms with E-state index in [4.69, 9.17) is 5.73 Å². The third-order valence-corrected chi connectivity index (χ3v) is 3.81. The van der Waals surface area contributed by atoms with Gasteiger partial charge in [-0.1, -0.05) is 19.4 Å². The smallest absolute Gasteiger partial charge is 0.0578 e. The summed E-state index contributed by atoms with van der Waals surface area (Å²) < 4.78 is 0. The first-order valence-corrected chi connectivity index (χ1v) is 6.71. The molecule has 1 saturated heterocycles. The minimum Gasteiger partial charge on any atom is -0.330 e. The quantitative estimate of drug-likeness (QED) is 0.870. The van der Waals surface area contributed by atoms with Crippen LogP contribution in [0.2, 0.25) is 0 Å². The summed E-state index contributed by atoms with van der Waals surface area (Å²) in [6.45, 7) is 5.25. The van der Waals surface area contributed by atoms with Crippen LogP contribution in [0.1, 0.15) is 37.9 Å². The van der Waals surface area contributed by atoms with Crippen molar-refractivity contribution < 1.29 is 0 Å². The van der Waals surface area contributed by atoms with Gasteiger partial charge in [-0.15, -0.1) is 0 Å². The molecule has 0 amide bonds. The van der Waals surface area contributed by atoms with Crippen molar-refractivity contribution in [2.45, 2.75) is 32.2 Å². The molecule has 0 unspecified atom stereocenters. The highest BCUT2D eigenvalue weighted by molar-refractivity contribution is 5.11. The molecule has 3 nitrogen and oxygen atoms in total. The molecule has 3 heteroatoms. The van der Waals surface area contributed by atoms with E-state index in [9.17, 15) is 0 Å². The van der Waals surface area contributed by atoms with Gasteiger partial charge in [0.2, 0.25) is 0 Å². The highest BCUT2D eigenvalue weighted by Crippen LogP contribution is 2.33. The van der Waals surface area contributed by atoms with E-state index in [1.54, 1.807) is 0 Å². The summed E-state index contributed by atoms with van der Waals surface area (Å²) in [6, 6.07) is 6.61. The number of aromatic nitrogens is 1. The first-order chi connectivity index (χ1) is 8.36. The maximum atomic E-state index is 5.96. The molecule has 2 rings (SSSR count). The zero-order chi connectivity index (χ0) is 12.1. The largest absolute Gasteiger partial charge is 0.330 e. The van der Waals surface area contributed by atoms with E-state index in [-0.39, 0.29) is 0 Å². The van der Waals surface area contributed by atoms with Gasteiger partial charge in [-0.3, -0.25) is 9.88 Å². The summed E-state index contributed by atoms with van der Waals surface area (Å²) in [6.07, 6.45) is 5.70. The number of rotatable bonds is 3. The molecule has 1 aliphatic rings. The van der Waals surface area contributed by atoms with Crippen molar-refractivity contribution in [3.8, 4) is 0 Å². The number of pyridine rings is 1. The van der Waals surface area contributed by atoms with E-state index in [1.165, 1.54) is 31.5 Å². The molecular weight excluding hydrogens is 210 g/mol. The van der Waals surface area contributed by atoms with Crippen molar-refractivity contribution in [1.82, 2.24) is 9.88 Å². The van der Waals surface area contributed by atoms with E-state index < -0.39 is 0 Å². The van der Waals surface area contributed by atoms with Crippen molar-refractivity contribution in [2.24, 2.45) is 11.7 Å². The van der Waals surface area contributed by atoms with Gasteiger partial charge in [0.1, 0.15) is 0 Å². The lowest BCUT2D eigenvalue weighted by atomic mass is 9.92. The Morgan fingerprint density at radius 2 is 2.29 bits per heavy atom. The van der Waals surface area contributed by atoms with Crippen LogP contribution in [0.5, 0.6) is 0 Å². The van der Waals surface area contributed by atoms with Crippen LogP contribution in [0, 0.1) is 5.92 Å². The molecule has 0 radical (unpaired) electrons. The second kappa shape index (κ2) is 6.12. The Kier molecular flexibility index (Phi) is 4.51. The Labute approximate surface area is 104 Å². The Balaban J connectivity index is 2.28. The van der Waals surface area contributed by atoms with Crippen LogP contribution in [-0.2, 0) is 0 Å². The second-order valence-electron chi connectivity index (χ2n) is 4.82. The number of hydrogen-bond donors (Lipinski definition) is 1. The fraction of sp³-hybridized carbons (Fsp3) is 0.643. The van der Waals surface area contributed by atoms with E-state index in [0.29, 0.717) is 12.0 Å². The number of nitrogens with two attached hydrogens (primary N) is 1. The highest BCUT2D eigenvalue weighted by Gasteiger charge is 2.29. The van der Waals surface area contributed by atoms with Gasteiger partial charge in [0.15, 0.2) is 0 Å². The fourth-order valence-electron chi connectivity index (χ4n) is 2.90. The van der Waals surface area contributed by atoms with Crippen LogP contribution in [0.25, 0.3) is 0 Å². The predicted octanol–water partition coefficient (Wildman–Crippen LogP) is 2.20. The molecule has 2 N–H and O–H groups in total. The molecule has 0 aromatic carbocycles. The zero-order valence-corrected chi connectivity index (χ0v) is 10.7. The summed E-state index contributed by atoms with van der Waals surface area (Å²) in [5, 5.41) is 0. The Morgan fingerprint density at radius 1 is 1.41 bits per heavy atom. The van der Waals surface area contributed by atoms with Crippen molar-refractivity contribution in [2.75, 3.05) is 19.6 Å². The van der Waals surface area contributed by atoms with Crippen LogP contribution in [-0.4, -0.2) is 29.5 Å². The minimum absolute atomic E-state index is 0.411. The van der Waals surface area contributed by atoms with Gasteiger partial charge >= 0.3 is 0 Å². The van der Waals surface area contributed by atoms with Gasteiger partial charge in [-0.05, 0) is 50.5 Å². The Morgan fingerprint density at radius 3 is 2.94 bits per heavy atom. The lowest BCUT2D eigenvalue weighted by Gasteiger charge is -2.33. The average Bonchev–Trinajstić information content (AvgIpc) is 2.61.